The molecule has 0 N–H and O–H groups in total. The van der Waals surface area contributed by atoms with Crippen LogP contribution in [-0.2, 0) is 6.54 Å². The molecule has 0 bridgehead atoms. The van der Waals surface area contributed by atoms with Gasteiger partial charge in [-0.15, -0.1) is 0 Å². The molecule has 16 heavy (non-hydrogen) atoms. The van der Waals surface area contributed by atoms with Gasteiger partial charge in [-0.05, 0) is 43.7 Å². The number of rotatable bonds is 2. The van der Waals surface area contributed by atoms with Gasteiger partial charge in [0.05, 0.1) is 0 Å². The molecule has 0 aromatic heterocycles. The van der Waals surface area contributed by atoms with Crippen molar-refractivity contribution in [2.75, 3.05) is 6.54 Å². The molecule has 1 aromatic carbocycles. The van der Waals surface area contributed by atoms with Crippen LogP contribution in [0, 0.1) is 5.92 Å². The molecule has 2 aliphatic rings. The molecule has 1 saturated carbocycles. The zero-order valence-corrected chi connectivity index (χ0v) is 10.2. The van der Waals surface area contributed by atoms with Gasteiger partial charge in [0, 0.05) is 12.1 Å². The van der Waals surface area contributed by atoms with E-state index < -0.39 is 0 Å². The predicted octanol–water partition coefficient (Wildman–Crippen LogP) is 3.45. The highest BCUT2D eigenvalue weighted by molar-refractivity contribution is 5.16. The standard InChI is InChI=1S/C15H21N/c1-13-8-11-16(15(13)9-5-10-15)12-14-6-3-2-4-7-14/h2-4,6-7,13H,5,8-12H2,1H3. The average molecular weight is 215 g/mol. The van der Waals surface area contributed by atoms with Crippen LogP contribution in [0.1, 0.15) is 38.2 Å². The summed E-state index contributed by atoms with van der Waals surface area (Å²) >= 11 is 0. The van der Waals surface area contributed by atoms with Gasteiger partial charge in [-0.1, -0.05) is 37.3 Å². The van der Waals surface area contributed by atoms with E-state index in [1.54, 1.807) is 0 Å². The first kappa shape index (κ1) is 10.3. The zero-order chi connectivity index (χ0) is 11.0. The number of hydrogen-bond acceptors (Lipinski definition) is 1. The van der Waals surface area contributed by atoms with E-state index in [9.17, 15) is 0 Å². The van der Waals surface area contributed by atoms with E-state index in [-0.39, 0.29) is 0 Å². The summed E-state index contributed by atoms with van der Waals surface area (Å²) in [6, 6.07) is 10.9. The second-order valence-electron chi connectivity index (χ2n) is 5.55. The molecule has 1 heteroatoms. The predicted molar refractivity (Wildman–Crippen MR) is 67.2 cm³/mol. The normalized spacial score (nSPS) is 28.2. The molecule has 1 aliphatic heterocycles. The smallest absolute Gasteiger partial charge is 0.0239 e. The van der Waals surface area contributed by atoms with Gasteiger partial charge in [0.25, 0.3) is 0 Å². The highest BCUT2D eigenvalue weighted by Gasteiger charge is 2.49. The van der Waals surface area contributed by atoms with Crippen LogP contribution in [0.2, 0.25) is 0 Å². The fourth-order valence-electron chi connectivity index (χ4n) is 3.54. The van der Waals surface area contributed by atoms with Gasteiger partial charge in [0.2, 0.25) is 0 Å². The summed E-state index contributed by atoms with van der Waals surface area (Å²) in [5, 5.41) is 0. The van der Waals surface area contributed by atoms with Crippen molar-refractivity contribution in [3.05, 3.63) is 35.9 Å². The van der Waals surface area contributed by atoms with Gasteiger partial charge < -0.3 is 0 Å². The summed E-state index contributed by atoms with van der Waals surface area (Å²) in [7, 11) is 0. The van der Waals surface area contributed by atoms with Crippen molar-refractivity contribution in [1.82, 2.24) is 4.90 Å². The van der Waals surface area contributed by atoms with E-state index in [1.165, 1.54) is 37.8 Å². The maximum atomic E-state index is 2.75. The third kappa shape index (κ3) is 1.49. The summed E-state index contributed by atoms with van der Waals surface area (Å²) < 4.78 is 0. The molecule has 0 radical (unpaired) electrons. The Morgan fingerprint density at radius 1 is 1.25 bits per heavy atom. The van der Waals surface area contributed by atoms with E-state index >= 15 is 0 Å². The lowest BCUT2D eigenvalue weighted by atomic mass is 9.69. The van der Waals surface area contributed by atoms with Gasteiger partial charge in [0.1, 0.15) is 0 Å². The lowest BCUT2D eigenvalue weighted by Crippen LogP contribution is -2.52. The molecule has 1 aromatic rings. The minimum absolute atomic E-state index is 0.579. The molecule has 1 heterocycles. The molecular weight excluding hydrogens is 194 g/mol. The van der Waals surface area contributed by atoms with E-state index in [2.05, 4.69) is 42.2 Å². The van der Waals surface area contributed by atoms with Crippen molar-refractivity contribution < 1.29 is 0 Å². The fraction of sp³-hybridized carbons (Fsp3) is 0.600. The van der Waals surface area contributed by atoms with Gasteiger partial charge in [-0.25, -0.2) is 0 Å². The van der Waals surface area contributed by atoms with E-state index in [4.69, 9.17) is 0 Å². The summed E-state index contributed by atoms with van der Waals surface area (Å²) in [6.07, 6.45) is 5.70. The van der Waals surface area contributed by atoms with E-state index in [0.29, 0.717) is 5.54 Å². The Hall–Kier alpha value is -0.820. The third-order valence-corrected chi connectivity index (χ3v) is 4.81. The first-order valence-electron chi connectivity index (χ1n) is 6.60. The molecular formula is C15H21N. The maximum Gasteiger partial charge on any atom is 0.0239 e. The van der Waals surface area contributed by atoms with Crippen molar-refractivity contribution in [2.45, 2.75) is 44.7 Å². The Balaban J connectivity index is 1.76. The molecule has 86 valence electrons. The molecule has 1 nitrogen and oxygen atoms in total. The van der Waals surface area contributed by atoms with Crippen LogP contribution in [0.3, 0.4) is 0 Å². The topological polar surface area (TPSA) is 3.24 Å². The summed E-state index contributed by atoms with van der Waals surface area (Å²) in [6.45, 7) is 4.91. The molecule has 2 fully saturated rings. The Morgan fingerprint density at radius 3 is 2.62 bits per heavy atom. The SMILES string of the molecule is CC1CCN(Cc2ccccc2)C12CCC2. The lowest BCUT2D eigenvalue weighted by Gasteiger charge is -2.49. The highest BCUT2D eigenvalue weighted by atomic mass is 15.2. The average Bonchev–Trinajstić information content (AvgIpc) is 2.57. The first-order valence-corrected chi connectivity index (χ1v) is 6.60. The molecule has 1 spiro atoms. The minimum atomic E-state index is 0.579. The zero-order valence-electron chi connectivity index (χ0n) is 10.2. The van der Waals surface area contributed by atoms with Crippen molar-refractivity contribution >= 4 is 0 Å². The van der Waals surface area contributed by atoms with Crippen molar-refractivity contribution in [1.29, 1.82) is 0 Å². The van der Waals surface area contributed by atoms with E-state index in [0.717, 1.165) is 12.5 Å². The number of nitrogens with zero attached hydrogens (tertiary/aromatic N) is 1. The molecule has 0 amide bonds. The van der Waals surface area contributed by atoms with Crippen LogP contribution in [0.15, 0.2) is 30.3 Å². The maximum absolute atomic E-state index is 2.75. The van der Waals surface area contributed by atoms with Gasteiger partial charge in [-0.2, -0.15) is 0 Å². The van der Waals surface area contributed by atoms with Crippen molar-refractivity contribution in [3.8, 4) is 0 Å². The monoisotopic (exact) mass is 215 g/mol. The van der Waals surface area contributed by atoms with Gasteiger partial charge in [0.15, 0.2) is 0 Å². The quantitative estimate of drug-likeness (QED) is 0.730. The van der Waals surface area contributed by atoms with Gasteiger partial charge >= 0.3 is 0 Å². The first-order chi connectivity index (χ1) is 7.81. The van der Waals surface area contributed by atoms with Crippen LogP contribution in [0.25, 0.3) is 0 Å². The largest absolute Gasteiger partial charge is 0.293 e. The van der Waals surface area contributed by atoms with Crippen molar-refractivity contribution in [2.24, 2.45) is 5.92 Å². The Bertz CT molecular complexity index is 353. The highest BCUT2D eigenvalue weighted by Crippen LogP contribution is 2.49. The van der Waals surface area contributed by atoms with Gasteiger partial charge in [-0.3, -0.25) is 4.90 Å². The van der Waals surface area contributed by atoms with Crippen LogP contribution in [0.5, 0.6) is 0 Å². The number of benzene rings is 1. The van der Waals surface area contributed by atoms with Crippen LogP contribution >= 0.6 is 0 Å². The van der Waals surface area contributed by atoms with Crippen molar-refractivity contribution in [3.63, 3.8) is 0 Å². The second kappa shape index (κ2) is 3.89. The second-order valence-corrected chi connectivity index (χ2v) is 5.55. The number of hydrogen-bond donors (Lipinski definition) is 0. The molecule has 1 atom stereocenters. The summed E-state index contributed by atoms with van der Waals surface area (Å²) in [5.41, 5.74) is 2.05. The fourth-order valence-corrected chi connectivity index (χ4v) is 3.54. The summed E-state index contributed by atoms with van der Waals surface area (Å²) in [5.74, 6) is 0.907. The molecule has 1 unspecified atom stereocenters. The molecule has 1 saturated heterocycles. The van der Waals surface area contributed by atoms with Crippen LogP contribution < -0.4 is 0 Å². The van der Waals surface area contributed by atoms with Crippen LogP contribution in [0.4, 0.5) is 0 Å². The third-order valence-electron chi connectivity index (χ3n) is 4.81. The Morgan fingerprint density at radius 2 is 2.00 bits per heavy atom. The minimum Gasteiger partial charge on any atom is -0.293 e. The Labute approximate surface area is 98.5 Å². The molecule has 3 rings (SSSR count). The van der Waals surface area contributed by atoms with E-state index in [1.807, 2.05) is 0 Å². The Kier molecular flexibility index (Phi) is 2.51. The van der Waals surface area contributed by atoms with Crippen LogP contribution in [-0.4, -0.2) is 17.0 Å². The lowest BCUT2D eigenvalue weighted by molar-refractivity contribution is 0.0204. The molecule has 1 aliphatic carbocycles. The number of likely N-dealkylation sites (tertiary alicyclic amines) is 1. The summed E-state index contributed by atoms with van der Waals surface area (Å²) in [4.78, 5) is 2.75.